The van der Waals surface area contributed by atoms with Gasteiger partial charge in [0.15, 0.2) is 0 Å². The van der Waals surface area contributed by atoms with Gasteiger partial charge in [-0.25, -0.2) is 4.79 Å². The molecule has 1 unspecified atom stereocenters. The molecule has 120 valence electrons. The summed E-state index contributed by atoms with van der Waals surface area (Å²) >= 11 is 0. The molecule has 0 spiro atoms. The highest BCUT2D eigenvalue weighted by Gasteiger charge is 2.32. The van der Waals surface area contributed by atoms with E-state index in [1.165, 1.54) is 12.3 Å². The van der Waals surface area contributed by atoms with Gasteiger partial charge < -0.3 is 20.2 Å². The number of piperazine rings is 1. The Morgan fingerprint density at radius 2 is 2.23 bits per heavy atom. The Hall–Kier alpha value is -2.22. The third-order valence-corrected chi connectivity index (χ3v) is 3.21. The summed E-state index contributed by atoms with van der Waals surface area (Å²) in [6.45, 7) is 7.19. The van der Waals surface area contributed by atoms with Gasteiger partial charge in [0.05, 0.1) is 6.04 Å². The molecule has 1 aliphatic rings. The molecule has 0 bridgehead atoms. The molecule has 2 rings (SSSR count). The highest BCUT2D eigenvalue weighted by atomic mass is 16.6. The molecule has 1 atom stereocenters. The van der Waals surface area contributed by atoms with Crippen LogP contribution in [0, 0.1) is 10.1 Å². The molecule has 1 N–H and O–H groups in total. The van der Waals surface area contributed by atoms with Crippen LogP contribution in [0.1, 0.15) is 32.4 Å². The van der Waals surface area contributed by atoms with Crippen LogP contribution >= 0.6 is 0 Å². The maximum Gasteiger partial charge on any atom is 0.410 e. The Bertz CT molecular complexity index is 553. The first-order valence-electron chi connectivity index (χ1n) is 7.08. The predicted octanol–water partition coefficient (Wildman–Crippen LogP) is 1.87. The van der Waals surface area contributed by atoms with Crippen LogP contribution in [-0.4, -0.2) is 46.1 Å². The van der Waals surface area contributed by atoms with Gasteiger partial charge in [-0.05, 0) is 36.7 Å². The average Bonchev–Trinajstić information content (AvgIpc) is 2.45. The first kappa shape index (κ1) is 16.2. The van der Waals surface area contributed by atoms with Crippen LogP contribution in [0.2, 0.25) is 0 Å². The number of nitrogens with zero attached hydrogens (tertiary/aromatic N) is 3. The number of nitrogens with one attached hydrogen (secondary N) is 1. The van der Waals surface area contributed by atoms with Gasteiger partial charge in [-0.15, -0.1) is 0 Å². The van der Waals surface area contributed by atoms with Crippen molar-refractivity contribution in [1.82, 2.24) is 15.2 Å². The molecular weight excluding hydrogens is 288 g/mol. The topological polar surface area (TPSA) is 97.6 Å². The SMILES string of the molecule is CC(C)(C)OC(=O)N1CCNCC1c1ccc([N+](=O)[O-])nc1. The molecular formula is C14H20N4O4. The third-order valence-electron chi connectivity index (χ3n) is 3.21. The van der Waals surface area contributed by atoms with Crippen molar-refractivity contribution in [3.05, 3.63) is 34.0 Å². The summed E-state index contributed by atoms with van der Waals surface area (Å²) in [5, 5.41) is 13.9. The average molecular weight is 308 g/mol. The molecule has 0 aliphatic carbocycles. The number of pyridine rings is 1. The van der Waals surface area contributed by atoms with E-state index < -0.39 is 16.6 Å². The van der Waals surface area contributed by atoms with E-state index in [1.54, 1.807) is 11.0 Å². The van der Waals surface area contributed by atoms with Gasteiger partial charge in [-0.3, -0.25) is 4.90 Å². The number of aromatic nitrogens is 1. The van der Waals surface area contributed by atoms with Crippen LogP contribution in [0.25, 0.3) is 0 Å². The highest BCUT2D eigenvalue weighted by Crippen LogP contribution is 2.25. The number of hydrogen-bond donors (Lipinski definition) is 1. The number of carbonyl (C=O) groups is 1. The molecule has 8 nitrogen and oxygen atoms in total. The van der Waals surface area contributed by atoms with Crippen molar-refractivity contribution in [3.8, 4) is 0 Å². The molecule has 0 aromatic carbocycles. The fourth-order valence-corrected chi connectivity index (χ4v) is 2.24. The minimum atomic E-state index is -0.569. The Kier molecular flexibility index (Phi) is 4.60. The Labute approximate surface area is 128 Å². The smallest absolute Gasteiger partial charge is 0.410 e. The zero-order valence-corrected chi connectivity index (χ0v) is 12.9. The van der Waals surface area contributed by atoms with E-state index in [9.17, 15) is 14.9 Å². The second kappa shape index (κ2) is 6.27. The van der Waals surface area contributed by atoms with Gasteiger partial charge in [-0.2, -0.15) is 0 Å². The minimum absolute atomic E-state index is 0.212. The van der Waals surface area contributed by atoms with Crippen molar-refractivity contribution in [1.29, 1.82) is 0 Å². The number of carbonyl (C=O) groups excluding carboxylic acids is 1. The third kappa shape index (κ3) is 3.91. The van der Waals surface area contributed by atoms with Crippen molar-refractivity contribution < 1.29 is 14.5 Å². The van der Waals surface area contributed by atoms with Crippen molar-refractivity contribution in [2.75, 3.05) is 19.6 Å². The van der Waals surface area contributed by atoms with Gasteiger partial charge in [0, 0.05) is 31.3 Å². The molecule has 1 aromatic rings. The summed E-state index contributed by atoms with van der Waals surface area (Å²) in [6, 6.07) is 2.72. The summed E-state index contributed by atoms with van der Waals surface area (Å²) in [6.07, 6.45) is 1.05. The van der Waals surface area contributed by atoms with Crippen molar-refractivity contribution in [2.24, 2.45) is 0 Å². The summed E-state index contributed by atoms with van der Waals surface area (Å²) in [4.78, 5) is 27.9. The lowest BCUT2D eigenvalue weighted by molar-refractivity contribution is -0.389. The van der Waals surface area contributed by atoms with Gasteiger partial charge >= 0.3 is 11.9 Å². The van der Waals surface area contributed by atoms with Crippen LogP contribution in [0.3, 0.4) is 0 Å². The first-order valence-corrected chi connectivity index (χ1v) is 7.08. The van der Waals surface area contributed by atoms with Crippen molar-refractivity contribution in [3.63, 3.8) is 0 Å². The van der Waals surface area contributed by atoms with E-state index >= 15 is 0 Å². The van der Waals surface area contributed by atoms with Crippen LogP contribution in [0.5, 0.6) is 0 Å². The second-order valence-corrected chi connectivity index (χ2v) is 6.10. The van der Waals surface area contributed by atoms with E-state index in [2.05, 4.69) is 10.3 Å². The predicted molar refractivity (Wildman–Crippen MR) is 79.4 cm³/mol. The standard InChI is InChI=1S/C14H20N4O4/c1-14(2,3)22-13(19)17-7-6-15-9-11(17)10-4-5-12(16-8-10)18(20)21/h4-5,8,11,15H,6-7,9H2,1-3H3. The summed E-state index contributed by atoms with van der Waals surface area (Å²) in [5.74, 6) is -0.212. The van der Waals surface area contributed by atoms with E-state index in [0.717, 1.165) is 5.56 Å². The van der Waals surface area contributed by atoms with Gasteiger partial charge in [0.1, 0.15) is 11.8 Å². The molecule has 0 saturated carbocycles. The fourth-order valence-electron chi connectivity index (χ4n) is 2.24. The van der Waals surface area contributed by atoms with E-state index in [0.29, 0.717) is 19.6 Å². The number of nitro groups is 1. The van der Waals surface area contributed by atoms with Crippen LogP contribution < -0.4 is 5.32 Å². The van der Waals surface area contributed by atoms with E-state index in [4.69, 9.17) is 4.74 Å². The fraction of sp³-hybridized carbons (Fsp3) is 0.571. The molecule has 1 fully saturated rings. The first-order chi connectivity index (χ1) is 10.3. The lowest BCUT2D eigenvalue weighted by Gasteiger charge is -2.36. The van der Waals surface area contributed by atoms with Gasteiger partial charge in [-0.1, -0.05) is 0 Å². The molecule has 1 saturated heterocycles. The summed E-state index contributed by atoms with van der Waals surface area (Å²) in [7, 11) is 0. The Balaban J connectivity index is 2.19. The zero-order valence-electron chi connectivity index (χ0n) is 12.9. The molecule has 2 heterocycles. The van der Waals surface area contributed by atoms with Crippen LogP contribution in [0.4, 0.5) is 10.6 Å². The van der Waals surface area contributed by atoms with Gasteiger partial charge in [0.25, 0.3) is 0 Å². The summed E-state index contributed by atoms with van der Waals surface area (Å²) in [5.41, 5.74) is 0.170. The second-order valence-electron chi connectivity index (χ2n) is 6.10. The lowest BCUT2D eigenvalue weighted by atomic mass is 10.1. The molecule has 1 aromatic heterocycles. The monoisotopic (exact) mass is 308 g/mol. The van der Waals surface area contributed by atoms with Crippen LogP contribution in [0.15, 0.2) is 18.3 Å². The van der Waals surface area contributed by atoms with E-state index in [-0.39, 0.29) is 11.9 Å². The number of amides is 1. The number of rotatable bonds is 2. The van der Waals surface area contributed by atoms with Crippen molar-refractivity contribution in [2.45, 2.75) is 32.4 Å². The molecule has 1 amide bonds. The number of ether oxygens (including phenoxy) is 1. The molecule has 8 heteroatoms. The maximum atomic E-state index is 12.3. The molecule has 1 aliphatic heterocycles. The maximum absolute atomic E-state index is 12.3. The van der Waals surface area contributed by atoms with Crippen LogP contribution in [-0.2, 0) is 4.74 Å². The quantitative estimate of drug-likeness (QED) is 0.661. The normalized spacial score (nSPS) is 18.9. The molecule has 22 heavy (non-hydrogen) atoms. The largest absolute Gasteiger partial charge is 0.444 e. The number of hydrogen-bond acceptors (Lipinski definition) is 6. The Morgan fingerprint density at radius 3 is 2.77 bits per heavy atom. The zero-order chi connectivity index (χ0) is 16.3. The minimum Gasteiger partial charge on any atom is -0.444 e. The highest BCUT2D eigenvalue weighted by molar-refractivity contribution is 5.69. The van der Waals surface area contributed by atoms with Crippen molar-refractivity contribution >= 4 is 11.9 Å². The Morgan fingerprint density at radius 1 is 1.50 bits per heavy atom. The van der Waals surface area contributed by atoms with Gasteiger partial charge in [0.2, 0.25) is 0 Å². The van der Waals surface area contributed by atoms with E-state index in [1.807, 2.05) is 20.8 Å². The lowest BCUT2D eigenvalue weighted by Crippen LogP contribution is -2.50. The molecule has 0 radical (unpaired) electrons. The summed E-state index contributed by atoms with van der Waals surface area (Å²) < 4.78 is 5.42.